The van der Waals surface area contributed by atoms with E-state index in [1.807, 2.05) is 0 Å². The third kappa shape index (κ3) is 5.28. The molecule has 8 bridgehead atoms. The molecule has 306 valence electrons. The van der Waals surface area contributed by atoms with Gasteiger partial charge >= 0.3 is 0 Å². The Hall–Kier alpha value is -8.40. The van der Waals surface area contributed by atoms with Crippen LogP contribution >= 0.6 is 0 Å². The first-order chi connectivity index (χ1) is 30.9. The Balaban J connectivity index is 1.23. The summed E-state index contributed by atoms with van der Waals surface area (Å²) in [5.74, 6) is -8.25. The zero-order valence-electron chi connectivity index (χ0n) is 31.9. The molecule has 2 aliphatic heterocycles. The van der Waals surface area contributed by atoms with Crippen LogP contribution in [0.4, 0.5) is 35.1 Å². The molecule has 0 saturated heterocycles. The summed E-state index contributed by atoms with van der Waals surface area (Å²) in [5, 5.41) is 4.28. The number of aromatic nitrogens is 8. The minimum absolute atomic E-state index is 0.0798. The van der Waals surface area contributed by atoms with Crippen LogP contribution in [0.2, 0.25) is 0 Å². The van der Waals surface area contributed by atoms with Gasteiger partial charge in [0.1, 0.15) is 22.6 Å². The van der Waals surface area contributed by atoms with Gasteiger partial charge < -0.3 is 9.97 Å². The zero-order valence-corrected chi connectivity index (χ0v) is 31.9. The van der Waals surface area contributed by atoms with Crippen LogP contribution in [0.5, 0.6) is 0 Å². The fourth-order valence-electron chi connectivity index (χ4n) is 8.75. The van der Waals surface area contributed by atoms with Gasteiger partial charge in [0.2, 0.25) is 0 Å². The normalized spacial score (nSPS) is 12.4. The summed E-state index contributed by atoms with van der Waals surface area (Å²) in [6, 6.07) is 21.2. The molecule has 11 aromatic rings. The lowest BCUT2D eigenvalue weighted by molar-refractivity contribution is 0.511. The molecule has 16 heteroatoms. The number of hydrogen-bond donors (Lipinski definition) is 2. The summed E-state index contributed by atoms with van der Waals surface area (Å²) in [4.78, 5) is 35.8. The van der Waals surface area contributed by atoms with Crippen LogP contribution in [0.15, 0.2) is 97.1 Å². The van der Waals surface area contributed by atoms with E-state index in [0.717, 1.165) is 48.5 Å². The van der Waals surface area contributed by atoms with Crippen LogP contribution in [0, 0.1) is 46.5 Å². The average Bonchev–Trinajstić information content (AvgIpc) is 3.97. The zero-order chi connectivity index (χ0) is 43.4. The molecule has 5 heterocycles. The molecular weight excluding hydrogens is 841 g/mol. The molecule has 0 radical (unpaired) electrons. The molecule has 8 nitrogen and oxygen atoms in total. The first kappa shape index (κ1) is 36.3. The largest absolute Gasteiger partial charge is 0.324 e. The van der Waals surface area contributed by atoms with E-state index < -0.39 is 46.5 Å². The van der Waals surface area contributed by atoms with Crippen LogP contribution in [0.25, 0.3) is 133 Å². The van der Waals surface area contributed by atoms with Gasteiger partial charge in [0, 0.05) is 43.8 Å². The molecule has 64 heavy (non-hydrogen) atoms. The predicted octanol–water partition coefficient (Wildman–Crippen LogP) is 12.6. The van der Waals surface area contributed by atoms with E-state index in [9.17, 15) is 35.1 Å². The standard InChI is InChI=1S/C48H18F8N8/c49-33-9-17-1-25-26(2-18(17)10-34(33)50)42-57-41(25)61-43-27-3-19-11-35(51)36(52)12-20(19)4-28(27)45(58-43)63-47-31-7-23-15-39(55)40(56)16-24(23)8-32(31)48(60-47)64-46-30-6-22-14-38(54)37(53)13-21(22)5-29(30)44(59-46)62-42/h1-16H,(H2,57,58,59,60,61,62,63,64). The first-order valence-corrected chi connectivity index (χ1v) is 19.4. The monoisotopic (exact) mass is 858 g/mol. The Morgan fingerprint density at radius 1 is 0.234 bits per heavy atom. The Morgan fingerprint density at radius 3 is 0.625 bits per heavy atom. The second-order valence-corrected chi connectivity index (χ2v) is 15.7. The number of fused-ring (bicyclic) bond motifs is 24. The number of nitrogens with one attached hydrogen (secondary N) is 2. The molecule has 0 saturated carbocycles. The number of nitrogens with zero attached hydrogens (tertiary/aromatic N) is 6. The quantitative estimate of drug-likeness (QED) is 0.147. The van der Waals surface area contributed by atoms with E-state index in [1.165, 1.54) is 0 Å². The highest BCUT2D eigenvalue weighted by Crippen LogP contribution is 2.41. The van der Waals surface area contributed by atoms with Crippen molar-refractivity contribution in [2.75, 3.05) is 0 Å². The highest BCUT2D eigenvalue weighted by Gasteiger charge is 2.25. The molecule has 0 atom stereocenters. The number of hydrogen-bond acceptors (Lipinski definition) is 6. The number of benzene rings is 8. The van der Waals surface area contributed by atoms with Crippen molar-refractivity contribution in [1.29, 1.82) is 0 Å². The lowest BCUT2D eigenvalue weighted by Gasteiger charge is -2.04. The maximum absolute atomic E-state index is 14.6. The Labute approximate surface area is 350 Å². The van der Waals surface area contributed by atoms with Crippen LogP contribution < -0.4 is 0 Å². The second-order valence-electron chi connectivity index (χ2n) is 15.7. The summed E-state index contributed by atoms with van der Waals surface area (Å²) >= 11 is 0. The molecule has 0 spiro atoms. The van der Waals surface area contributed by atoms with E-state index >= 15 is 0 Å². The van der Waals surface area contributed by atoms with E-state index in [1.54, 1.807) is 48.5 Å². The first-order valence-electron chi connectivity index (χ1n) is 19.4. The van der Waals surface area contributed by atoms with E-state index in [0.29, 0.717) is 86.9 Å². The lowest BCUT2D eigenvalue weighted by atomic mass is 10.0. The van der Waals surface area contributed by atoms with Crippen molar-refractivity contribution in [3.8, 4) is 45.6 Å². The van der Waals surface area contributed by atoms with Gasteiger partial charge in [-0.1, -0.05) is 0 Å². The van der Waals surface area contributed by atoms with Crippen molar-refractivity contribution >= 4 is 87.2 Å². The van der Waals surface area contributed by atoms with Crippen molar-refractivity contribution in [3.05, 3.63) is 144 Å². The van der Waals surface area contributed by atoms with Gasteiger partial charge in [0.05, 0.1) is 0 Å². The molecule has 3 aromatic heterocycles. The minimum Gasteiger partial charge on any atom is -0.324 e. The SMILES string of the molecule is Fc1cc2cc3c(cc2cc1F)-c1nc-3nc2[nH]c(nc3nc(nc4[nH]c(n1)c1cc5cc(F)c(F)cc5cc41)-c1cc4cc(F)c(F)cc4cc1-3)c1cc3cc(F)c(F)cc3cc21. The van der Waals surface area contributed by atoms with Gasteiger partial charge in [-0.05, 0) is 140 Å². The van der Waals surface area contributed by atoms with Gasteiger partial charge in [0.15, 0.2) is 69.8 Å². The van der Waals surface area contributed by atoms with Crippen molar-refractivity contribution < 1.29 is 35.1 Å². The summed E-state index contributed by atoms with van der Waals surface area (Å²) in [5.41, 5.74) is 2.18. The van der Waals surface area contributed by atoms with Gasteiger partial charge in [0.25, 0.3) is 0 Å². The van der Waals surface area contributed by atoms with Crippen LogP contribution in [0.1, 0.15) is 0 Å². The van der Waals surface area contributed by atoms with Gasteiger partial charge in [-0.15, -0.1) is 0 Å². The van der Waals surface area contributed by atoms with Crippen LogP contribution in [-0.4, -0.2) is 39.9 Å². The highest BCUT2D eigenvalue weighted by molar-refractivity contribution is 6.13. The summed E-state index contributed by atoms with van der Waals surface area (Å²) in [6.07, 6.45) is 0. The third-order valence-electron chi connectivity index (χ3n) is 11.8. The number of rotatable bonds is 0. The minimum atomic E-state index is -1.07. The number of aromatic amines is 2. The topological polar surface area (TPSA) is 109 Å². The fourth-order valence-corrected chi connectivity index (χ4v) is 8.75. The van der Waals surface area contributed by atoms with E-state index in [2.05, 4.69) is 9.97 Å². The maximum atomic E-state index is 14.6. The fraction of sp³-hybridized carbons (Fsp3) is 0. The van der Waals surface area contributed by atoms with E-state index in [4.69, 9.17) is 29.9 Å². The van der Waals surface area contributed by atoms with Crippen LogP contribution in [-0.2, 0) is 0 Å². The van der Waals surface area contributed by atoms with Crippen molar-refractivity contribution in [2.24, 2.45) is 0 Å². The molecule has 2 N–H and O–H groups in total. The van der Waals surface area contributed by atoms with Crippen LogP contribution in [0.3, 0.4) is 0 Å². The van der Waals surface area contributed by atoms with Crippen molar-refractivity contribution in [3.63, 3.8) is 0 Å². The summed E-state index contributed by atoms with van der Waals surface area (Å²) in [6.45, 7) is 0. The molecular formula is C48H18F8N8. The molecule has 0 amide bonds. The predicted molar refractivity (Wildman–Crippen MR) is 226 cm³/mol. The Morgan fingerprint density at radius 2 is 0.422 bits per heavy atom. The number of halogens is 8. The Kier molecular flexibility index (Phi) is 7.14. The molecule has 0 aliphatic carbocycles. The van der Waals surface area contributed by atoms with E-state index in [-0.39, 0.29) is 45.9 Å². The van der Waals surface area contributed by atoms with Crippen molar-refractivity contribution in [1.82, 2.24) is 39.9 Å². The smallest absolute Gasteiger partial charge is 0.164 e. The maximum Gasteiger partial charge on any atom is 0.164 e. The molecule has 2 aliphatic rings. The molecule has 0 fully saturated rings. The third-order valence-corrected chi connectivity index (χ3v) is 11.8. The van der Waals surface area contributed by atoms with Crippen molar-refractivity contribution in [2.45, 2.75) is 0 Å². The summed E-state index contributed by atoms with van der Waals surface area (Å²) < 4.78 is 117. The lowest BCUT2D eigenvalue weighted by Crippen LogP contribution is -1.88. The molecule has 0 unspecified atom stereocenters. The van der Waals surface area contributed by atoms with Gasteiger partial charge in [-0.25, -0.2) is 65.0 Å². The second kappa shape index (κ2) is 12.6. The molecule has 8 aromatic carbocycles. The Bertz CT molecular complexity index is 3680. The summed E-state index contributed by atoms with van der Waals surface area (Å²) in [7, 11) is 0. The number of H-pyrrole nitrogens is 2. The van der Waals surface area contributed by atoms with Gasteiger partial charge in [-0.2, -0.15) is 0 Å². The highest BCUT2D eigenvalue weighted by atomic mass is 19.2. The van der Waals surface area contributed by atoms with Gasteiger partial charge in [-0.3, -0.25) is 0 Å². The molecule has 13 rings (SSSR count). The average molecular weight is 859 g/mol.